The van der Waals surface area contributed by atoms with Crippen molar-refractivity contribution in [3.05, 3.63) is 71.8 Å². The third-order valence-electron chi connectivity index (χ3n) is 3.74. The van der Waals surface area contributed by atoms with Gasteiger partial charge in [-0.2, -0.15) is 0 Å². The van der Waals surface area contributed by atoms with Gasteiger partial charge in [0.15, 0.2) is 0 Å². The molecule has 0 aromatic heterocycles. The Morgan fingerprint density at radius 2 is 1.00 bits per heavy atom. The standard InChI is InChI=1S/C17H19N.2C2H6O/c1-3-9-15(10-4-1)17(18-13-7-8-14-18)16-11-5-2-6-12-16;2*1-3-2/h1-6,9-12,17H,7-8,13-14H2;2*1-2H3. The van der Waals surface area contributed by atoms with Crippen molar-refractivity contribution < 1.29 is 9.47 Å². The minimum Gasteiger partial charge on any atom is -0.388 e. The third kappa shape index (κ3) is 6.83. The fourth-order valence-corrected chi connectivity index (χ4v) is 2.88. The van der Waals surface area contributed by atoms with Crippen LogP contribution >= 0.6 is 0 Å². The van der Waals surface area contributed by atoms with Crippen LogP contribution in [0.4, 0.5) is 0 Å². The Labute approximate surface area is 147 Å². The number of likely N-dealkylation sites (tertiary alicyclic amines) is 1. The molecule has 132 valence electrons. The minimum absolute atomic E-state index is 0.426. The lowest BCUT2D eigenvalue weighted by Gasteiger charge is -2.28. The van der Waals surface area contributed by atoms with Crippen LogP contribution in [0.5, 0.6) is 0 Å². The van der Waals surface area contributed by atoms with Crippen LogP contribution in [-0.2, 0) is 9.47 Å². The molecule has 0 radical (unpaired) electrons. The largest absolute Gasteiger partial charge is 0.388 e. The summed E-state index contributed by atoms with van der Waals surface area (Å²) in [4.78, 5) is 2.60. The highest BCUT2D eigenvalue weighted by Gasteiger charge is 2.24. The topological polar surface area (TPSA) is 21.7 Å². The van der Waals surface area contributed by atoms with E-state index in [1.165, 1.54) is 37.1 Å². The van der Waals surface area contributed by atoms with E-state index in [2.05, 4.69) is 75.0 Å². The van der Waals surface area contributed by atoms with E-state index in [1.807, 2.05) is 0 Å². The van der Waals surface area contributed by atoms with Gasteiger partial charge < -0.3 is 9.47 Å². The van der Waals surface area contributed by atoms with Gasteiger partial charge in [-0.1, -0.05) is 60.7 Å². The van der Waals surface area contributed by atoms with E-state index in [-0.39, 0.29) is 0 Å². The average molecular weight is 329 g/mol. The summed E-state index contributed by atoms with van der Waals surface area (Å²) in [6, 6.07) is 22.2. The lowest BCUT2D eigenvalue weighted by Crippen LogP contribution is -2.26. The van der Waals surface area contributed by atoms with Gasteiger partial charge in [-0.15, -0.1) is 0 Å². The van der Waals surface area contributed by atoms with Crippen molar-refractivity contribution in [2.75, 3.05) is 41.5 Å². The fourth-order valence-electron chi connectivity index (χ4n) is 2.88. The van der Waals surface area contributed by atoms with Crippen LogP contribution in [0, 0.1) is 0 Å². The Bertz CT molecular complexity index is 468. The molecule has 24 heavy (non-hydrogen) atoms. The lowest BCUT2D eigenvalue weighted by molar-refractivity contribution is 0.277. The number of benzene rings is 2. The number of hydrogen-bond acceptors (Lipinski definition) is 3. The molecule has 1 fully saturated rings. The SMILES string of the molecule is COC.COC.c1ccc(C(c2ccccc2)N2CCCC2)cc1. The monoisotopic (exact) mass is 329 g/mol. The molecular weight excluding hydrogens is 298 g/mol. The van der Waals surface area contributed by atoms with Crippen LogP contribution in [0.25, 0.3) is 0 Å². The first-order chi connectivity index (χ1) is 11.8. The van der Waals surface area contributed by atoms with Crippen LogP contribution < -0.4 is 0 Å². The van der Waals surface area contributed by atoms with E-state index in [4.69, 9.17) is 0 Å². The Kier molecular flexibility index (Phi) is 10.8. The predicted octanol–water partition coefficient (Wildman–Crippen LogP) is 4.40. The molecule has 0 N–H and O–H groups in total. The molecule has 0 amide bonds. The second-order valence-electron chi connectivity index (χ2n) is 5.78. The third-order valence-corrected chi connectivity index (χ3v) is 3.74. The van der Waals surface area contributed by atoms with E-state index < -0.39 is 0 Å². The number of hydrogen-bond donors (Lipinski definition) is 0. The summed E-state index contributed by atoms with van der Waals surface area (Å²) in [6.07, 6.45) is 2.66. The van der Waals surface area contributed by atoms with Gasteiger partial charge in [0.05, 0.1) is 6.04 Å². The zero-order valence-corrected chi connectivity index (χ0v) is 15.4. The molecule has 3 rings (SSSR count). The van der Waals surface area contributed by atoms with E-state index >= 15 is 0 Å². The number of rotatable bonds is 3. The molecule has 1 aliphatic heterocycles. The summed E-state index contributed by atoms with van der Waals surface area (Å²) in [5.74, 6) is 0. The fraction of sp³-hybridized carbons (Fsp3) is 0.429. The van der Waals surface area contributed by atoms with Gasteiger partial charge in [0.2, 0.25) is 0 Å². The molecule has 3 heteroatoms. The quantitative estimate of drug-likeness (QED) is 0.833. The van der Waals surface area contributed by atoms with Gasteiger partial charge >= 0.3 is 0 Å². The summed E-state index contributed by atoms with van der Waals surface area (Å²) < 4.78 is 8.50. The van der Waals surface area contributed by atoms with E-state index in [9.17, 15) is 0 Å². The summed E-state index contributed by atoms with van der Waals surface area (Å²) in [5.41, 5.74) is 2.82. The first kappa shape index (κ1) is 20.4. The van der Waals surface area contributed by atoms with E-state index in [0.717, 1.165) is 0 Å². The first-order valence-electron chi connectivity index (χ1n) is 8.42. The van der Waals surface area contributed by atoms with Crippen LogP contribution in [0.3, 0.4) is 0 Å². The Balaban J connectivity index is 0.000000423. The molecule has 0 atom stereocenters. The van der Waals surface area contributed by atoms with Crippen molar-refractivity contribution in [3.8, 4) is 0 Å². The van der Waals surface area contributed by atoms with Crippen molar-refractivity contribution >= 4 is 0 Å². The molecular formula is C21H31NO2. The van der Waals surface area contributed by atoms with Crippen LogP contribution in [-0.4, -0.2) is 46.4 Å². The highest BCUT2D eigenvalue weighted by atomic mass is 16.5. The maximum atomic E-state index is 4.25. The minimum atomic E-state index is 0.426. The first-order valence-corrected chi connectivity index (χ1v) is 8.42. The summed E-state index contributed by atoms with van der Waals surface area (Å²) in [7, 11) is 6.50. The van der Waals surface area contributed by atoms with Crippen LogP contribution in [0.1, 0.15) is 30.0 Å². The second-order valence-corrected chi connectivity index (χ2v) is 5.78. The number of methoxy groups -OCH3 is 2. The van der Waals surface area contributed by atoms with Crippen molar-refractivity contribution in [1.82, 2.24) is 4.90 Å². The van der Waals surface area contributed by atoms with Crippen molar-refractivity contribution in [1.29, 1.82) is 0 Å². The summed E-state index contributed by atoms with van der Waals surface area (Å²) in [5, 5.41) is 0. The highest BCUT2D eigenvalue weighted by molar-refractivity contribution is 5.31. The molecule has 1 saturated heterocycles. The molecule has 2 aromatic rings. The predicted molar refractivity (Wildman–Crippen MR) is 101 cm³/mol. The van der Waals surface area contributed by atoms with Gasteiger partial charge in [0, 0.05) is 28.4 Å². The highest BCUT2D eigenvalue weighted by Crippen LogP contribution is 2.31. The van der Waals surface area contributed by atoms with Gasteiger partial charge in [0.25, 0.3) is 0 Å². The van der Waals surface area contributed by atoms with E-state index in [1.54, 1.807) is 28.4 Å². The molecule has 0 bridgehead atoms. The van der Waals surface area contributed by atoms with Gasteiger partial charge in [0.1, 0.15) is 0 Å². The zero-order valence-electron chi connectivity index (χ0n) is 15.4. The molecule has 0 unspecified atom stereocenters. The van der Waals surface area contributed by atoms with Crippen LogP contribution in [0.15, 0.2) is 60.7 Å². The summed E-state index contributed by atoms with van der Waals surface area (Å²) >= 11 is 0. The van der Waals surface area contributed by atoms with Crippen molar-refractivity contribution in [2.45, 2.75) is 18.9 Å². The van der Waals surface area contributed by atoms with Gasteiger partial charge in [-0.05, 0) is 37.1 Å². The maximum Gasteiger partial charge on any atom is 0.0601 e. The molecule has 2 aromatic carbocycles. The maximum absolute atomic E-state index is 4.25. The van der Waals surface area contributed by atoms with Gasteiger partial charge in [-0.3, -0.25) is 4.90 Å². The smallest absolute Gasteiger partial charge is 0.0601 e. The number of ether oxygens (including phenoxy) is 2. The Hall–Kier alpha value is -1.68. The van der Waals surface area contributed by atoms with Gasteiger partial charge in [-0.25, -0.2) is 0 Å². The zero-order chi connectivity index (χ0) is 17.6. The molecule has 1 heterocycles. The Morgan fingerprint density at radius 1 is 0.667 bits per heavy atom. The van der Waals surface area contributed by atoms with Crippen molar-refractivity contribution in [2.24, 2.45) is 0 Å². The summed E-state index contributed by atoms with van der Waals surface area (Å²) in [6.45, 7) is 2.43. The molecule has 1 aliphatic rings. The lowest BCUT2D eigenvalue weighted by atomic mass is 9.97. The Morgan fingerprint density at radius 3 is 1.33 bits per heavy atom. The molecule has 3 nitrogen and oxygen atoms in total. The van der Waals surface area contributed by atoms with Crippen LogP contribution in [0.2, 0.25) is 0 Å². The second kappa shape index (κ2) is 12.7. The van der Waals surface area contributed by atoms with E-state index in [0.29, 0.717) is 6.04 Å². The average Bonchev–Trinajstić information content (AvgIpc) is 3.13. The normalized spacial score (nSPS) is 13.7. The molecule has 0 saturated carbocycles. The number of nitrogens with zero attached hydrogens (tertiary/aromatic N) is 1. The molecule has 0 aliphatic carbocycles. The van der Waals surface area contributed by atoms with Crippen molar-refractivity contribution in [3.63, 3.8) is 0 Å². The molecule has 0 spiro atoms.